The average Bonchev–Trinajstić information content (AvgIpc) is 2.47. The summed E-state index contributed by atoms with van der Waals surface area (Å²) in [5.74, 6) is -0.202. The maximum atomic E-state index is 12.3. The van der Waals surface area contributed by atoms with Crippen molar-refractivity contribution in [1.82, 2.24) is 15.5 Å². The van der Waals surface area contributed by atoms with Gasteiger partial charge in [-0.15, -0.1) is 0 Å². The van der Waals surface area contributed by atoms with Crippen LogP contribution in [-0.4, -0.2) is 47.9 Å². The first-order chi connectivity index (χ1) is 9.56. The lowest BCUT2D eigenvalue weighted by molar-refractivity contribution is -0.131. The Kier molecular flexibility index (Phi) is 4.61. The van der Waals surface area contributed by atoms with Crippen molar-refractivity contribution in [3.05, 3.63) is 0 Å². The molecule has 0 bridgehead atoms. The van der Waals surface area contributed by atoms with Crippen LogP contribution in [0.4, 0.5) is 0 Å². The standard InChI is InChI=1S/C14H22N4O2/c1-11(18-8-7-16-12(19)9-18)13(20)17-14(10-15)5-3-2-4-6-14/h11H,2-9H2,1H3,(H,16,19)(H,17,20). The number of carbonyl (C=O) groups is 2. The quantitative estimate of drug-likeness (QED) is 0.769. The molecular formula is C14H22N4O2. The van der Waals surface area contributed by atoms with Crippen LogP contribution < -0.4 is 10.6 Å². The summed E-state index contributed by atoms with van der Waals surface area (Å²) >= 11 is 0. The van der Waals surface area contributed by atoms with Crippen molar-refractivity contribution in [3.8, 4) is 6.07 Å². The summed E-state index contributed by atoms with van der Waals surface area (Å²) in [7, 11) is 0. The summed E-state index contributed by atoms with van der Waals surface area (Å²) in [6, 6.07) is 1.90. The van der Waals surface area contributed by atoms with E-state index in [2.05, 4.69) is 16.7 Å². The summed E-state index contributed by atoms with van der Waals surface area (Å²) in [6.45, 7) is 3.27. The zero-order valence-electron chi connectivity index (χ0n) is 11.9. The van der Waals surface area contributed by atoms with Gasteiger partial charge in [0, 0.05) is 13.1 Å². The number of piperazine rings is 1. The average molecular weight is 278 g/mol. The summed E-state index contributed by atoms with van der Waals surface area (Å²) in [5.41, 5.74) is -0.707. The van der Waals surface area contributed by atoms with Gasteiger partial charge < -0.3 is 10.6 Å². The Bertz CT molecular complexity index is 423. The lowest BCUT2D eigenvalue weighted by Crippen LogP contribution is -2.58. The van der Waals surface area contributed by atoms with E-state index in [-0.39, 0.29) is 24.4 Å². The molecule has 0 radical (unpaired) electrons. The van der Waals surface area contributed by atoms with Gasteiger partial charge in [-0.25, -0.2) is 0 Å². The van der Waals surface area contributed by atoms with E-state index in [9.17, 15) is 14.9 Å². The molecule has 1 aliphatic carbocycles. The first-order valence-corrected chi connectivity index (χ1v) is 7.30. The summed E-state index contributed by atoms with van der Waals surface area (Å²) in [6.07, 6.45) is 4.54. The van der Waals surface area contributed by atoms with Crippen LogP contribution in [0, 0.1) is 11.3 Å². The molecule has 1 saturated heterocycles. The number of hydrogen-bond acceptors (Lipinski definition) is 4. The third-order valence-corrected chi connectivity index (χ3v) is 4.28. The van der Waals surface area contributed by atoms with Gasteiger partial charge in [0.25, 0.3) is 0 Å². The molecule has 0 aromatic carbocycles. The summed E-state index contributed by atoms with van der Waals surface area (Å²) in [5, 5.41) is 15.0. The zero-order valence-corrected chi connectivity index (χ0v) is 11.9. The summed E-state index contributed by atoms with van der Waals surface area (Å²) < 4.78 is 0. The van der Waals surface area contributed by atoms with Crippen LogP contribution in [-0.2, 0) is 9.59 Å². The van der Waals surface area contributed by atoms with Crippen LogP contribution in [0.1, 0.15) is 39.0 Å². The molecule has 6 heteroatoms. The predicted molar refractivity (Wildman–Crippen MR) is 73.6 cm³/mol. The number of hydrogen-bond donors (Lipinski definition) is 2. The maximum Gasteiger partial charge on any atom is 0.238 e. The highest BCUT2D eigenvalue weighted by Gasteiger charge is 2.36. The van der Waals surface area contributed by atoms with Gasteiger partial charge in [0.15, 0.2) is 0 Å². The van der Waals surface area contributed by atoms with Crippen LogP contribution in [0.15, 0.2) is 0 Å². The molecular weight excluding hydrogens is 256 g/mol. The minimum Gasteiger partial charge on any atom is -0.354 e. The molecule has 0 spiro atoms. The second-order valence-corrected chi connectivity index (χ2v) is 5.74. The minimum atomic E-state index is -0.707. The smallest absolute Gasteiger partial charge is 0.238 e. The number of rotatable bonds is 3. The largest absolute Gasteiger partial charge is 0.354 e. The Morgan fingerprint density at radius 3 is 2.75 bits per heavy atom. The molecule has 110 valence electrons. The number of nitrogens with zero attached hydrogens (tertiary/aromatic N) is 2. The lowest BCUT2D eigenvalue weighted by Gasteiger charge is -2.36. The molecule has 2 N–H and O–H groups in total. The number of amides is 2. The van der Waals surface area contributed by atoms with Crippen LogP contribution in [0.3, 0.4) is 0 Å². The van der Waals surface area contributed by atoms with Gasteiger partial charge in [0.05, 0.1) is 18.7 Å². The van der Waals surface area contributed by atoms with Gasteiger partial charge in [0.1, 0.15) is 5.54 Å². The maximum absolute atomic E-state index is 12.3. The monoisotopic (exact) mass is 278 g/mol. The molecule has 6 nitrogen and oxygen atoms in total. The molecule has 2 fully saturated rings. The Morgan fingerprint density at radius 2 is 2.15 bits per heavy atom. The van der Waals surface area contributed by atoms with E-state index in [4.69, 9.17) is 0 Å². The Labute approximate surface area is 119 Å². The highest BCUT2D eigenvalue weighted by molar-refractivity contribution is 5.84. The molecule has 1 atom stereocenters. The van der Waals surface area contributed by atoms with Gasteiger partial charge in [0.2, 0.25) is 11.8 Å². The van der Waals surface area contributed by atoms with Gasteiger partial charge in [-0.1, -0.05) is 19.3 Å². The van der Waals surface area contributed by atoms with Crippen molar-refractivity contribution >= 4 is 11.8 Å². The molecule has 2 amide bonds. The van der Waals surface area contributed by atoms with Gasteiger partial charge in [-0.3, -0.25) is 14.5 Å². The SMILES string of the molecule is CC(C(=O)NC1(C#N)CCCCC1)N1CCNC(=O)C1. The van der Waals surface area contributed by atoms with Crippen molar-refractivity contribution in [2.45, 2.75) is 50.6 Å². The molecule has 1 unspecified atom stereocenters. The van der Waals surface area contributed by atoms with Crippen molar-refractivity contribution in [3.63, 3.8) is 0 Å². The van der Waals surface area contributed by atoms with Crippen LogP contribution in [0.5, 0.6) is 0 Å². The van der Waals surface area contributed by atoms with E-state index in [1.165, 1.54) is 0 Å². The van der Waals surface area contributed by atoms with E-state index in [1.807, 2.05) is 4.90 Å². The normalized spacial score (nSPS) is 24.3. The van der Waals surface area contributed by atoms with Gasteiger partial charge in [-0.05, 0) is 19.8 Å². The molecule has 0 aromatic rings. The third kappa shape index (κ3) is 3.28. The van der Waals surface area contributed by atoms with Gasteiger partial charge >= 0.3 is 0 Å². The summed E-state index contributed by atoms with van der Waals surface area (Å²) in [4.78, 5) is 25.6. The zero-order chi connectivity index (χ0) is 14.6. The fraction of sp³-hybridized carbons (Fsp3) is 0.786. The predicted octanol–water partition coefficient (Wildman–Crippen LogP) is 0.149. The fourth-order valence-electron chi connectivity index (χ4n) is 2.92. The molecule has 0 aromatic heterocycles. The van der Waals surface area contributed by atoms with Crippen LogP contribution in [0.2, 0.25) is 0 Å². The number of carbonyl (C=O) groups excluding carboxylic acids is 2. The Hall–Kier alpha value is -1.61. The molecule has 1 aliphatic heterocycles. The second-order valence-electron chi connectivity index (χ2n) is 5.74. The molecule has 1 heterocycles. The lowest BCUT2D eigenvalue weighted by atomic mass is 9.82. The van der Waals surface area contributed by atoms with Crippen LogP contribution in [0.25, 0.3) is 0 Å². The molecule has 20 heavy (non-hydrogen) atoms. The van der Waals surface area contributed by atoms with Crippen molar-refractivity contribution in [1.29, 1.82) is 5.26 Å². The van der Waals surface area contributed by atoms with E-state index in [1.54, 1.807) is 6.92 Å². The number of nitrogens with one attached hydrogen (secondary N) is 2. The van der Waals surface area contributed by atoms with Gasteiger partial charge in [-0.2, -0.15) is 5.26 Å². The fourth-order valence-corrected chi connectivity index (χ4v) is 2.92. The topological polar surface area (TPSA) is 85.2 Å². The second kappa shape index (κ2) is 6.23. The van der Waals surface area contributed by atoms with E-state index in [0.29, 0.717) is 13.1 Å². The van der Waals surface area contributed by atoms with Crippen molar-refractivity contribution < 1.29 is 9.59 Å². The van der Waals surface area contributed by atoms with E-state index < -0.39 is 5.54 Å². The highest BCUT2D eigenvalue weighted by Crippen LogP contribution is 2.27. The first-order valence-electron chi connectivity index (χ1n) is 7.30. The van der Waals surface area contributed by atoms with Crippen LogP contribution >= 0.6 is 0 Å². The number of nitriles is 1. The Balaban J connectivity index is 1.96. The van der Waals surface area contributed by atoms with E-state index >= 15 is 0 Å². The van der Waals surface area contributed by atoms with Crippen molar-refractivity contribution in [2.24, 2.45) is 0 Å². The molecule has 1 saturated carbocycles. The highest BCUT2D eigenvalue weighted by atomic mass is 16.2. The first kappa shape index (κ1) is 14.8. The van der Waals surface area contributed by atoms with E-state index in [0.717, 1.165) is 32.1 Å². The molecule has 2 aliphatic rings. The van der Waals surface area contributed by atoms with Crippen molar-refractivity contribution in [2.75, 3.05) is 19.6 Å². The Morgan fingerprint density at radius 1 is 1.45 bits per heavy atom. The third-order valence-electron chi connectivity index (χ3n) is 4.28. The minimum absolute atomic E-state index is 0.0523. The molecule has 2 rings (SSSR count).